The van der Waals surface area contributed by atoms with Crippen LogP contribution in [0.25, 0.3) is 0 Å². The smallest absolute Gasteiger partial charge is 0.226 e. The van der Waals surface area contributed by atoms with E-state index in [1.54, 1.807) is 0 Å². The topological polar surface area (TPSA) is 52.9 Å². The van der Waals surface area contributed by atoms with Crippen molar-refractivity contribution in [1.82, 2.24) is 5.32 Å². The standard InChI is InChI=1S/C14H24N2O/c1-12(2)11-14(7-3-4-8-14)13(17)16-10-6-5-9-15/h12H,3-8,10-11H2,1-2H3,(H,16,17). The lowest BCUT2D eigenvalue weighted by atomic mass is 9.77. The predicted octanol–water partition coefficient (Wildman–Crippen LogP) is 3.01. The molecule has 0 radical (unpaired) electrons. The van der Waals surface area contributed by atoms with Crippen LogP contribution in [0.5, 0.6) is 0 Å². The van der Waals surface area contributed by atoms with Gasteiger partial charge in [-0.05, 0) is 31.6 Å². The molecule has 1 rings (SSSR count). The molecule has 0 aliphatic heterocycles. The second-order valence-electron chi connectivity index (χ2n) is 5.60. The van der Waals surface area contributed by atoms with E-state index in [9.17, 15) is 4.79 Å². The van der Waals surface area contributed by atoms with Gasteiger partial charge in [0, 0.05) is 18.4 Å². The Balaban J connectivity index is 2.47. The van der Waals surface area contributed by atoms with Crippen LogP contribution in [-0.2, 0) is 4.79 Å². The van der Waals surface area contributed by atoms with E-state index < -0.39 is 0 Å². The molecule has 0 spiro atoms. The molecule has 0 bridgehead atoms. The summed E-state index contributed by atoms with van der Waals surface area (Å²) in [4.78, 5) is 12.3. The molecule has 1 fully saturated rings. The zero-order chi connectivity index (χ0) is 12.7. The van der Waals surface area contributed by atoms with E-state index in [-0.39, 0.29) is 11.3 Å². The first-order chi connectivity index (χ1) is 8.10. The fourth-order valence-electron chi connectivity index (χ4n) is 2.91. The van der Waals surface area contributed by atoms with Crippen molar-refractivity contribution in [2.24, 2.45) is 11.3 Å². The molecule has 0 unspecified atom stereocenters. The number of hydrogen-bond donors (Lipinski definition) is 1. The Hall–Kier alpha value is -1.04. The lowest BCUT2D eigenvalue weighted by molar-refractivity contribution is -0.131. The maximum atomic E-state index is 12.3. The number of nitriles is 1. The maximum absolute atomic E-state index is 12.3. The molecule has 0 heterocycles. The summed E-state index contributed by atoms with van der Waals surface area (Å²) in [6, 6.07) is 2.10. The number of unbranched alkanes of at least 4 members (excludes halogenated alkanes) is 1. The van der Waals surface area contributed by atoms with Crippen molar-refractivity contribution >= 4 is 5.91 Å². The monoisotopic (exact) mass is 236 g/mol. The minimum Gasteiger partial charge on any atom is -0.356 e. The van der Waals surface area contributed by atoms with Gasteiger partial charge in [-0.3, -0.25) is 4.79 Å². The zero-order valence-electron chi connectivity index (χ0n) is 11.1. The Morgan fingerprint density at radius 3 is 2.59 bits per heavy atom. The third kappa shape index (κ3) is 4.03. The molecule has 0 aromatic carbocycles. The molecule has 0 saturated heterocycles. The average molecular weight is 236 g/mol. The molecule has 3 nitrogen and oxygen atoms in total. The Bertz CT molecular complexity index is 285. The van der Waals surface area contributed by atoms with Crippen LogP contribution in [0, 0.1) is 22.7 Å². The van der Waals surface area contributed by atoms with Gasteiger partial charge in [0.05, 0.1) is 6.07 Å². The van der Waals surface area contributed by atoms with Gasteiger partial charge in [-0.15, -0.1) is 0 Å². The Morgan fingerprint density at radius 2 is 2.06 bits per heavy atom. The van der Waals surface area contributed by atoms with Crippen LogP contribution in [0.4, 0.5) is 0 Å². The van der Waals surface area contributed by atoms with E-state index in [0.717, 1.165) is 25.7 Å². The number of carbonyl (C=O) groups is 1. The summed E-state index contributed by atoms with van der Waals surface area (Å²) < 4.78 is 0. The molecule has 96 valence electrons. The Kier molecular flexibility index (Phi) is 5.47. The first kappa shape index (κ1) is 14.0. The van der Waals surface area contributed by atoms with Crippen molar-refractivity contribution in [2.45, 2.75) is 58.8 Å². The Labute approximate surface area is 105 Å². The third-order valence-corrected chi connectivity index (χ3v) is 3.59. The van der Waals surface area contributed by atoms with Crippen molar-refractivity contribution in [3.63, 3.8) is 0 Å². The molecular formula is C14H24N2O. The largest absolute Gasteiger partial charge is 0.356 e. The molecule has 0 atom stereocenters. The van der Waals surface area contributed by atoms with Gasteiger partial charge >= 0.3 is 0 Å². The van der Waals surface area contributed by atoms with E-state index in [1.807, 2.05) is 0 Å². The maximum Gasteiger partial charge on any atom is 0.226 e. The van der Waals surface area contributed by atoms with Crippen LogP contribution in [0.3, 0.4) is 0 Å². The fourth-order valence-corrected chi connectivity index (χ4v) is 2.91. The molecule has 0 aromatic heterocycles. The first-order valence-corrected chi connectivity index (χ1v) is 6.76. The molecule has 1 aliphatic carbocycles. The van der Waals surface area contributed by atoms with Crippen LogP contribution in [-0.4, -0.2) is 12.5 Å². The summed E-state index contributed by atoms with van der Waals surface area (Å²) in [7, 11) is 0. The second kappa shape index (κ2) is 6.64. The van der Waals surface area contributed by atoms with Crippen molar-refractivity contribution in [2.75, 3.05) is 6.54 Å². The number of rotatable bonds is 6. The minimum absolute atomic E-state index is 0.110. The van der Waals surface area contributed by atoms with Gasteiger partial charge in [-0.2, -0.15) is 5.26 Å². The lowest BCUT2D eigenvalue weighted by Crippen LogP contribution is -2.40. The van der Waals surface area contributed by atoms with Crippen LogP contribution < -0.4 is 5.32 Å². The summed E-state index contributed by atoms with van der Waals surface area (Å²) >= 11 is 0. The molecule has 0 aromatic rings. The first-order valence-electron chi connectivity index (χ1n) is 6.76. The van der Waals surface area contributed by atoms with Gasteiger partial charge < -0.3 is 5.32 Å². The van der Waals surface area contributed by atoms with E-state index in [4.69, 9.17) is 5.26 Å². The molecule has 1 amide bonds. The molecule has 17 heavy (non-hydrogen) atoms. The highest BCUT2D eigenvalue weighted by Gasteiger charge is 2.40. The number of carbonyl (C=O) groups excluding carboxylic acids is 1. The van der Waals surface area contributed by atoms with Crippen LogP contribution in [0.15, 0.2) is 0 Å². The van der Waals surface area contributed by atoms with Gasteiger partial charge in [0.25, 0.3) is 0 Å². The van der Waals surface area contributed by atoms with E-state index in [1.165, 1.54) is 12.8 Å². The van der Waals surface area contributed by atoms with Crippen molar-refractivity contribution in [1.29, 1.82) is 5.26 Å². The molecule has 1 aliphatic rings. The van der Waals surface area contributed by atoms with E-state index in [0.29, 0.717) is 18.9 Å². The van der Waals surface area contributed by atoms with Crippen LogP contribution in [0.1, 0.15) is 58.8 Å². The zero-order valence-corrected chi connectivity index (χ0v) is 11.1. The van der Waals surface area contributed by atoms with E-state index in [2.05, 4.69) is 25.2 Å². The SMILES string of the molecule is CC(C)CC1(C(=O)NCCCC#N)CCCC1. The summed E-state index contributed by atoms with van der Waals surface area (Å²) in [5.41, 5.74) is -0.110. The fraction of sp³-hybridized carbons (Fsp3) is 0.857. The average Bonchev–Trinajstić information content (AvgIpc) is 2.73. The van der Waals surface area contributed by atoms with Gasteiger partial charge in [0.15, 0.2) is 0 Å². The molecule has 1 saturated carbocycles. The quantitative estimate of drug-likeness (QED) is 0.721. The number of hydrogen-bond acceptors (Lipinski definition) is 2. The van der Waals surface area contributed by atoms with Crippen LogP contribution >= 0.6 is 0 Å². The predicted molar refractivity (Wildman–Crippen MR) is 68.2 cm³/mol. The van der Waals surface area contributed by atoms with Crippen molar-refractivity contribution in [3.05, 3.63) is 0 Å². The lowest BCUT2D eigenvalue weighted by Gasteiger charge is -2.29. The van der Waals surface area contributed by atoms with Gasteiger partial charge in [-0.25, -0.2) is 0 Å². The van der Waals surface area contributed by atoms with Crippen molar-refractivity contribution < 1.29 is 4.79 Å². The Morgan fingerprint density at radius 1 is 1.41 bits per heavy atom. The highest BCUT2D eigenvalue weighted by atomic mass is 16.2. The van der Waals surface area contributed by atoms with Crippen molar-refractivity contribution in [3.8, 4) is 6.07 Å². The molecule has 3 heteroatoms. The number of amides is 1. The molecule has 1 N–H and O–H groups in total. The van der Waals surface area contributed by atoms with Gasteiger partial charge in [0.1, 0.15) is 0 Å². The number of nitrogens with zero attached hydrogens (tertiary/aromatic N) is 1. The normalized spacial score (nSPS) is 18.0. The van der Waals surface area contributed by atoms with Crippen LogP contribution in [0.2, 0.25) is 0 Å². The highest BCUT2D eigenvalue weighted by Crippen LogP contribution is 2.43. The summed E-state index contributed by atoms with van der Waals surface area (Å²) in [5, 5.41) is 11.5. The van der Waals surface area contributed by atoms with Gasteiger partial charge in [0.2, 0.25) is 5.91 Å². The second-order valence-corrected chi connectivity index (χ2v) is 5.60. The number of nitrogens with one attached hydrogen (secondary N) is 1. The summed E-state index contributed by atoms with van der Waals surface area (Å²) in [5.74, 6) is 0.791. The molecular weight excluding hydrogens is 212 g/mol. The summed E-state index contributed by atoms with van der Waals surface area (Å²) in [6.07, 6.45) is 6.72. The minimum atomic E-state index is -0.110. The van der Waals surface area contributed by atoms with Gasteiger partial charge in [-0.1, -0.05) is 26.7 Å². The third-order valence-electron chi connectivity index (χ3n) is 3.59. The highest BCUT2D eigenvalue weighted by molar-refractivity contribution is 5.82. The summed E-state index contributed by atoms with van der Waals surface area (Å²) in [6.45, 7) is 5.01. The van der Waals surface area contributed by atoms with E-state index >= 15 is 0 Å².